The van der Waals surface area contributed by atoms with Gasteiger partial charge in [0.15, 0.2) is 0 Å². The summed E-state index contributed by atoms with van der Waals surface area (Å²) in [5.74, 6) is 0.358. The zero-order chi connectivity index (χ0) is 16.7. The molecule has 1 aromatic rings. The molecule has 0 amide bonds. The maximum atomic E-state index is 11.2. The summed E-state index contributed by atoms with van der Waals surface area (Å²) >= 11 is 0. The monoisotopic (exact) mass is 317 g/mol. The van der Waals surface area contributed by atoms with Gasteiger partial charge < -0.3 is 20.7 Å². The molecule has 1 atom stereocenters. The Labute approximate surface area is 138 Å². The summed E-state index contributed by atoms with van der Waals surface area (Å²) in [4.78, 5) is 11.2. The van der Waals surface area contributed by atoms with E-state index >= 15 is 0 Å². The Bertz CT molecular complexity index is 539. The van der Waals surface area contributed by atoms with Crippen LogP contribution in [0.15, 0.2) is 36.5 Å². The van der Waals surface area contributed by atoms with Gasteiger partial charge in [-0.1, -0.05) is 12.1 Å². The van der Waals surface area contributed by atoms with Crippen molar-refractivity contribution in [3.63, 3.8) is 0 Å². The molecule has 0 aromatic heterocycles. The topological polar surface area (TPSA) is 62.4 Å². The number of ether oxygens (including phenoxy) is 1. The van der Waals surface area contributed by atoms with Gasteiger partial charge in [-0.3, -0.25) is 4.79 Å². The molecule has 2 rings (SSSR count). The smallest absolute Gasteiger partial charge is 0.305 e. The van der Waals surface area contributed by atoms with Gasteiger partial charge in [-0.05, 0) is 50.1 Å². The first kappa shape index (κ1) is 17.2. The van der Waals surface area contributed by atoms with Gasteiger partial charge in [0.2, 0.25) is 0 Å². The third kappa shape index (κ3) is 5.20. The normalized spacial score (nSPS) is 21.3. The van der Waals surface area contributed by atoms with E-state index in [1.807, 2.05) is 31.4 Å². The van der Waals surface area contributed by atoms with Crippen LogP contribution in [-0.2, 0) is 9.53 Å². The van der Waals surface area contributed by atoms with Crippen molar-refractivity contribution >= 4 is 17.3 Å². The predicted octanol–water partition coefficient (Wildman–Crippen LogP) is 2.97. The lowest BCUT2D eigenvalue weighted by atomic mass is 9.78. The summed E-state index contributed by atoms with van der Waals surface area (Å²) in [5, 5.41) is 10.0. The van der Waals surface area contributed by atoms with E-state index in [1.165, 1.54) is 7.11 Å². The average molecular weight is 317 g/mol. The molecule has 23 heavy (non-hydrogen) atoms. The van der Waals surface area contributed by atoms with Crippen molar-refractivity contribution in [3.8, 4) is 0 Å². The van der Waals surface area contributed by atoms with Gasteiger partial charge in [-0.25, -0.2) is 0 Å². The fourth-order valence-electron chi connectivity index (χ4n) is 2.81. The van der Waals surface area contributed by atoms with Gasteiger partial charge in [0.25, 0.3) is 0 Å². The minimum atomic E-state index is -0.106. The Morgan fingerprint density at radius 3 is 2.70 bits per heavy atom. The van der Waals surface area contributed by atoms with E-state index in [-0.39, 0.29) is 12.0 Å². The number of carbonyl (C=O) groups excluding carboxylic acids is 1. The van der Waals surface area contributed by atoms with Crippen molar-refractivity contribution in [3.05, 3.63) is 36.5 Å². The first-order valence-corrected chi connectivity index (χ1v) is 8.15. The van der Waals surface area contributed by atoms with E-state index in [0.29, 0.717) is 18.4 Å². The highest BCUT2D eigenvalue weighted by Crippen LogP contribution is 2.30. The molecule has 0 saturated heterocycles. The first-order valence-electron chi connectivity index (χ1n) is 8.15. The summed E-state index contributed by atoms with van der Waals surface area (Å²) in [5.41, 5.74) is 2.18. The molecule has 126 valence electrons. The Kier molecular flexibility index (Phi) is 6.32. The maximum Gasteiger partial charge on any atom is 0.305 e. The van der Waals surface area contributed by atoms with Crippen LogP contribution in [0.3, 0.4) is 0 Å². The highest BCUT2D eigenvalue weighted by molar-refractivity contribution is 5.69. The maximum absolute atomic E-state index is 11.2. The Morgan fingerprint density at radius 2 is 2.04 bits per heavy atom. The number of esters is 1. The highest BCUT2D eigenvalue weighted by Gasteiger charge is 2.30. The number of para-hydroxylation sites is 2. The SMILES string of the molecule is CNc1ccccc1NC(C)/C=C\NC1CC(CC(=O)OC)C1. The number of carbonyl (C=O) groups is 1. The van der Waals surface area contributed by atoms with Crippen LogP contribution in [0.1, 0.15) is 26.2 Å². The van der Waals surface area contributed by atoms with Gasteiger partial charge in [-0.2, -0.15) is 0 Å². The molecular formula is C18H27N3O2. The lowest BCUT2D eigenvalue weighted by molar-refractivity contribution is -0.142. The van der Waals surface area contributed by atoms with Crippen molar-refractivity contribution < 1.29 is 9.53 Å². The summed E-state index contributed by atoms with van der Waals surface area (Å²) < 4.78 is 4.69. The van der Waals surface area contributed by atoms with Crippen LogP contribution in [-0.4, -0.2) is 32.2 Å². The van der Waals surface area contributed by atoms with Crippen LogP contribution >= 0.6 is 0 Å². The number of hydrogen-bond donors (Lipinski definition) is 3. The number of nitrogens with one attached hydrogen (secondary N) is 3. The lowest BCUT2D eigenvalue weighted by Crippen LogP contribution is -2.39. The van der Waals surface area contributed by atoms with Crippen molar-refractivity contribution in [2.24, 2.45) is 5.92 Å². The highest BCUT2D eigenvalue weighted by atomic mass is 16.5. The minimum absolute atomic E-state index is 0.106. The minimum Gasteiger partial charge on any atom is -0.469 e. The molecule has 0 aliphatic heterocycles. The van der Waals surface area contributed by atoms with Gasteiger partial charge in [0.05, 0.1) is 18.5 Å². The summed E-state index contributed by atoms with van der Waals surface area (Å²) in [7, 11) is 3.37. The molecule has 0 heterocycles. The Morgan fingerprint density at radius 1 is 1.35 bits per heavy atom. The van der Waals surface area contributed by atoms with Crippen molar-refractivity contribution in [1.82, 2.24) is 5.32 Å². The van der Waals surface area contributed by atoms with Gasteiger partial charge in [0, 0.05) is 25.6 Å². The molecular weight excluding hydrogens is 290 g/mol. The fraction of sp³-hybridized carbons (Fsp3) is 0.500. The second-order valence-electron chi connectivity index (χ2n) is 6.07. The van der Waals surface area contributed by atoms with Crippen LogP contribution in [0.5, 0.6) is 0 Å². The van der Waals surface area contributed by atoms with E-state index in [4.69, 9.17) is 4.74 Å². The lowest BCUT2D eigenvalue weighted by Gasteiger charge is -2.34. The number of anilines is 2. The predicted molar refractivity (Wildman–Crippen MR) is 94.5 cm³/mol. The van der Waals surface area contributed by atoms with E-state index in [1.54, 1.807) is 0 Å². The summed E-state index contributed by atoms with van der Waals surface area (Å²) in [6, 6.07) is 8.84. The standard InChI is InChI=1S/C18H27N3O2/c1-13(21-17-7-5-4-6-16(17)19-2)8-9-20-15-10-14(11-15)12-18(22)23-3/h4-9,13-15,19-21H,10-12H2,1-3H3/b9-8-. The van der Waals surface area contributed by atoms with E-state index in [9.17, 15) is 4.79 Å². The molecule has 0 bridgehead atoms. The number of rotatable bonds is 8. The van der Waals surface area contributed by atoms with Gasteiger partial charge >= 0.3 is 5.97 Å². The van der Waals surface area contributed by atoms with E-state index in [0.717, 1.165) is 24.2 Å². The Balaban J connectivity index is 1.69. The number of hydrogen-bond acceptors (Lipinski definition) is 5. The molecule has 3 N–H and O–H groups in total. The number of methoxy groups -OCH3 is 1. The van der Waals surface area contributed by atoms with E-state index in [2.05, 4.69) is 35.0 Å². The van der Waals surface area contributed by atoms with Crippen LogP contribution < -0.4 is 16.0 Å². The van der Waals surface area contributed by atoms with Gasteiger partial charge in [-0.15, -0.1) is 0 Å². The summed E-state index contributed by atoms with van der Waals surface area (Å²) in [6.07, 6.45) is 6.73. The molecule has 1 fully saturated rings. The Hall–Kier alpha value is -2.17. The van der Waals surface area contributed by atoms with Crippen molar-refractivity contribution in [2.45, 2.75) is 38.3 Å². The van der Waals surface area contributed by atoms with Crippen molar-refractivity contribution in [2.75, 3.05) is 24.8 Å². The quantitative estimate of drug-likeness (QED) is 0.643. The van der Waals surface area contributed by atoms with Gasteiger partial charge in [0.1, 0.15) is 0 Å². The molecule has 0 spiro atoms. The second-order valence-corrected chi connectivity index (χ2v) is 6.07. The largest absolute Gasteiger partial charge is 0.469 e. The second kappa shape index (κ2) is 8.46. The fourth-order valence-corrected chi connectivity index (χ4v) is 2.81. The molecule has 0 radical (unpaired) electrons. The van der Waals surface area contributed by atoms with Crippen LogP contribution in [0, 0.1) is 5.92 Å². The van der Waals surface area contributed by atoms with E-state index < -0.39 is 0 Å². The molecule has 5 heteroatoms. The molecule has 1 saturated carbocycles. The van der Waals surface area contributed by atoms with Crippen LogP contribution in [0.25, 0.3) is 0 Å². The average Bonchev–Trinajstić information content (AvgIpc) is 2.52. The molecule has 1 unspecified atom stereocenters. The van der Waals surface area contributed by atoms with Crippen LogP contribution in [0.2, 0.25) is 0 Å². The van der Waals surface area contributed by atoms with Crippen LogP contribution in [0.4, 0.5) is 11.4 Å². The molecule has 5 nitrogen and oxygen atoms in total. The van der Waals surface area contributed by atoms with Crippen molar-refractivity contribution in [1.29, 1.82) is 0 Å². The molecule has 1 aliphatic carbocycles. The first-order chi connectivity index (χ1) is 11.1. The zero-order valence-electron chi connectivity index (χ0n) is 14.1. The molecule has 1 aromatic carbocycles. The third-order valence-corrected chi connectivity index (χ3v) is 4.22. The zero-order valence-corrected chi connectivity index (χ0v) is 14.1. The third-order valence-electron chi connectivity index (χ3n) is 4.22. The number of benzene rings is 1. The summed E-state index contributed by atoms with van der Waals surface area (Å²) in [6.45, 7) is 2.12. The molecule has 1 aliphatic rings.